The number of methoxy groups -OCH3 is 1. The van der Waals surface area contributed by atoms with E-state index in [0.29, 0.717) is 10.0 Å². The zero-order valence-electron chi connectivity index (χ0n) is 11.0. The first-order chi connectivity index (χ1) is 10.0. The first-order valence-corrected chi connectivity index (χ1v) is 6.76. The van der Waals surface area contributed by atoms with Crippen LogP contribution in [-0.4, -0.2) is 19.0 Å². The summed E-state index contributed by atoms with van der Waals surface area (Å²) in [7, 11) is 1.21. The van der Waals surface area contributed by atoms with E-state index in [1.54, 1.807) is 24.3 Å². The van der Waals surface area contributed by atoms with Crippen LogP contribution < -0.4 is 5.32 Å². The zero-order chi connectivity index (χ0) is 15.4. The second kappa shape index (κ2) is 6.49. The van der Waals surface area contributed by atoms with Crippen LogP contribution in [0, 0.1) is 5.82 Å². The number of carbonyl (C=O) groups excluding carboxylic acids is 2. The molecule has 0 bridgehead atoms. The van der Waals surface area contributed by atoms with Gasteiger partial charge in [-0.1, -0.05) is 12.1 Å². The number of benzene rings is 2. The van der Waals surface area contributed by atoms with Crippen molar-refractivity contribution < 1.29 is 18.7 Å². The summed E-state index contributed by atoms with van der Waals surface area (Å²) in [5.41, 5.74) is 0.513. The van der Waals surface area contributed by atoms with Crippen LogP contribution in [-0.2, 0) is 4.74 Å². The summed E-state index contributed by atoms with van der Waals surface area (Å²) in [5.74, 6) is -1.68. The lowest BCUT2D eigenvalue weighted by molar-refractivity contribution is 0.0602. The predicted octanol–water partition coefficient (Wildman–Crippen LogP) is 3.63. The van der Waals surface area contributed by atoms with Gasteiger partial charge in [-0.3, -0.25) is 4.79 Å². The third-order valence-electron chi connectivity index (χ3n) is 2.75. The Labute approximate surface area is 129 Å². The number of amides is 1. The molecule has 0 aliphatic rings. The minimum Gasteiger partial charge on any atom is -0.465 e. The van der Waals surface area contributed by atoms with Crippen LogP contribution in [0.1, 0.15) is 20.7 Å². The Morgan fingerprint density at radius 3 is 2.52 bits per heavy atom. The van der Waals surface area contributed by atoms with Crippen molar-refractivity contribution in [2.45, 2.75) is 0 Å². The average molecular weight is 352 g/mol. The third kappa shape index (κ3) is 3.46. The summed E-state index contributed by atoms with van der Waals surface area (Å²) < 4.78 is 18.5. The molecule has 0 unspecified atom stereocenters. The van der Waals surface area contributed by atoms with E-state index in [9.17, 15) is 14.0 Å². The van der Waals surface area contributed by atoms with E-state index in [1.807, 2.05) is 0 Å². The fourth-order valence-corrected chi connectivity index (χ4v) is 2.21. The molecule has 0 fully saturated rings. The Morgan fingerprint density at radius 2 is 1.86 bits per heavy atom. The van der Waals surface area contributed by atoms with E-state index in [0.717, 1.165) is 12.1 Å². The summed E-state index contributed by atoms with van der Waals surface area (Å²) in [5, 5.41) is 2.51. The van der Waals surface area contributed by atoms with E-state index < -0.39 is 17.7 Å². The summed E-state index contributed by atoms with van der Waals surface area (Å²) >= 11 is 3.26. The molecule has 108 valence electrons. The molecule has 0 spiro atoms. The number of carbonyl (C=O) groups is 2. The molecule has 0 heterocycles. The first kappa shape index (κ1) is 15.2. The van der Waals surface area contributed by atoms with Crippen LogP contribution in [0.2, 0.25) is 0 Å². The van der Waals surface area contributed by atoms with E-state index in [1.165, 1.54) is 13.2 Å². The number of halogens is 2. The standard InChI is InChI=1S/C15H11BrFNO3/c1-21-15(20)11-7-6-9(17)8-13(11)18-14(19)10-4-2-3-5-12(10)16/h2-8H,1H3,(H,18,19). The fourth-order valence-electron chi connectivity index (χ4n) is 1.74. The summed E-state index contributed by atoms with van der Waals surface area (Å²) in [6.07, 6.45) is 0. The van der Waals surface area contributed by atoms with E-state index >= 15 is 0 Å². The molecule has 2 aromatic rings. The van der Waals surface area contributed by atoms with Gasteiger partial charge in [0.1, 0.15) is 5.82 Å². The van der Waals surface area contributed by atoms with E-state index in [-0.39, 0.29) is 11.3 Å². The molecule has 0 aromatic heterocycles. The number of hydrogen-bond donors (Lipinski definition) is 1. The second-order valence-corrected chi connectivity index (χ2v) is 4.97. The van der Waals surface area contributed by atoms with Crippen LogP contribution >= 0.6 is 15.9 Å². The molecule has 0 radical (unpaired) electrons. The molecule has 4 nitrogen and oxygen atoms in total. The van der Waals surface area contributed by atoms with Gasteiger partial charge in [-0.05, 0) is 46.3 Å². The van der Waals surface area contributed by atoms with Crippen molar-refractivity contribution in [3.8, 4) is 0 Å². The summed E-state index contributed by atoms with van der Waals surface area (Å²) in [6.45, 7) is 0. The molecule has 6 heteroatoms. The highest BCUT2D eigenvalue weighted by atomic mass is 79.9. The molecule has 2 rings (SSSR count). The van der Waals surface area contributed by atoms with Crippen molar-refractivity contribution in [1.82, 2.24) is 0 Å². The van der Waals surface area contributed by atoms with Crippen LogP contribution in [0.4, 0.5) is 10.1 Å². The monoisotopic (exact) mass is 351 g/mol. The molecular weight excluding hydrogens is 341 g/mol. The molecule has 0 aliphatic heterocycles. The van der Waals surface area contributed by atoms with Gasteiger partial charge in [0, 0.05) is 4.47 Å². The normalized spacial score (nSPS) is 10.0. The van der Waals surface area contributed by atoms with Gasteiger partial charge in [0.25, 0.3) is 5.91 Å². The largest absolute Gasteiger partial charge is 0.465 e. The van der Waals surface area contributed by atoms with Crippen molar-refractivity contribution in [3.05, 3.63) is 63.9 Å². The molecule has 1 N–H and O–H groups in total. The predicted molar refractivity (Wildman–Crippen MR) is 79.8 cm³/mol. The van der Waals surface area contributed by atoms with Crippen molar-refractivity contribution >= 4 is 33.5 Å². The van der Waals surface area contributed by atoms with Crippen molar-refractivity contribution in [2.24, 2.45) is 0 Å². The SMILES string of the molecule is COC(=O)c1ccc(F)cc1NC(=O)c1ccccc1Br. The van der Waals surface area contributed by atoms with E-state index in [2.05, 4.69) is 26.0 Å². The quantitative estimate of drug-likeness (QED) is 0.859. The third-order valence-corrected chi connectivity index (χ3v) is 3.45. The topological polar surface area (TPSA) is 55.4 Å². The maximum absolute atomic E-state index is 13.3. The van der Waals surface area contributed by atoms with Crippen LogP contribution in [0.25, 0.3) is 0 Å². The van der Waals surface area contributed by atoms with Gasteiger partial charge < -0.3 is 10.1 Å². The maximum atomic E-state index is 13.3. The van der Waals surface area contributed by atoms with Gasteiger partial charge in [0.15, 0.2) is 0 Å². The first-order valence-electron chi connectivity index (χ1n) is 5.96. The molecule has 1 amide bonds. The second-order valence-electron chi connectivity index (χ2n) is 4.12. The van der Waals surface area contributed by atoms with Crippen LogP contribution in [0.15, 0.2) is 46.9 Å². The van der Waals surface area contributed by atoms with Crippen LogP contribution in [0.3, 0.4) is 0 Å². The Hall–Kier alpha value is -2.21. The highest BCUT2D eigenvalue weighted by molar-refractivity contribution is 9.10. The molecule has 21 heavy (non-hydrogen) atoms. The van der Waals surface area contributed by atoms with Gasteiger partial charge in [-0.2, -0.15) is 0 Å². The Bertz CT molecular complexity index is 703. The van der Waals surface area contributed by atoms with Crippen molar-refractivity contribution in [2.75, 3.05) is 12.4 Å². The number of esters is 1. The molecule has 2 aromatic carbocycles. The lowest BCUT2D eigenvalue weighted by atomic mass is 10.1. The van der Waals surface area contributed by atoms with Crippen molar-refractivity contribution in [3.63, 3.8) is 0 Å². The lowest BCUT2D eigenvalue weighted by Gasteiger charge is -2.10. The number of anilines is 1. The van der Waals surface area contributed by atoms with Gasteiger partial charge in [0.2, 0.25) is 0 Å². The highest BCUT2D eigenvalue weighted by Crippen LogP contribution is 2.21. The molecule has 0 aliphatic carbocycles. The zero-order valence-corrected chi connectivity index (χ0v) is 12.6. The Morgan fingerprint density at radius 1 is 1.14 bits per heavy atom. The molecule has 0 saturated carbocycles. The van der Waals surface area contributed by atoms with Gasteiger partial charge in [-0.25, -0.2) is 9.18 Å². The highest BCUT2D eigenvalue weighted by Gasteiger charge is 2.16. The number of rotatable bonds is 3. The molecule has 0 atom stereocenters. The number of nitrogens with one attached hydrogen (secondary N) is 1. The summed E-state index contributed by atoms with van der Waals surface area (Å²) in [6, 6.07) is 10.2. The summed E-state index contributed by atoms with van der Waals surface area (Å²) in [4.78, 5) is 23.8. The minimum absolute atomic E-state index is 0.0580. The Balaban J connectivity index is 2.35. The van der Waals surface area contributed by atoms with Gasteiger partial charge >= 0.3 is 5.97 Å². The van der Waals surface area contributed by atoms with Crippen molar-refractivity contribution in [1.29, 1.82) is 0 Å². The molecular formula is C15H11BrFNO3. The van der Waals surface area contributed by atoms with Gasteiger partial charge in [0.05, 0.1) is 23.9 Å². The number of hydrogen-bond acceptors (Lipinski definition) is 3. The van der Waals surface area contributed by atoms with Crippen LogP contribution in [0.5, 0.6) is 0 Å². The fraction of sp³-hybridized carbons (Fsp3) is 0.0667. The smallest absolute Gasteiger partial charge is 0.339 e. The molecule has 0 saturated heterocycles. The minimum atomic E-state index is -0.655. The maximum Gasteiger partial charge on any atom is 0.339 e. The van der Waals surface area contributed by atoms with Gasteiger partial charge in [-0.15, -0.1) is 0 Å². The number of ether oxygens (including phenoxy) is 1. The Kier molecular flexibility index (Phi) is 4.70. The van der Waals surface area contributed by atoms with E-state index in [4.69, 9.17) is 0 Å². The average Bonchev–Trinajstić information content (AvgIpc) is 2.47. The lowest BCUT2D eigenvalue weighted by Crippen LogP contribution is -2.16.